The van der Waals surface area contributed by atoms with Gasteiger partial charge in [0.25, 0.3) is 5.91 Å². The molecule has 0 unspecified atom stereocenters. The number of amides is 2. The lowest BCUT2D eigenvalue weighted by Gasteiger charge is -2.13. The molecule has 0 heterocycles. The molecule has 0 saturated carbocycles. The minimum Gasteiger partial charge on any atom is -0.352 e. The minimum atomic E-state index is -0.143. The van der Waals surface area contributed by atoms with Crippen LogP contribution in [0.4, 0.5) is 0 Å². The molecular formula is C21H28N3O2+. The van der Waals surface area contributed by atoms with E-state index in [4.69, 9.17) is 0 Å². The first-order valence-corrected chi connectivity index (χ1v) is 8.93. The maximum atomic E-state index is 12.1. The van der Waals surface area contributed by atoms with Gasteiger partial charge in [0.1, 0.15) is 6.54 Å². The molecule has 0 fully saturated rings. The number of nitrogens with one attached hydrogen (secondary N) is 3. The summed E-state index contributed by atoms with van der Waals surface area (Å²) in [6.45, 7) is 3.64. The topological polar surface area (TPSA) is 62.6 Å². The predicted molar refractivity (Wildman–Crippen MR) is 103 cm³/mol. The fourth-order valence-corrected chi connectivity index (χ4v) is 2.78. The van der Waals surface area contributed by atoms with Crippen LogP contribution in [0.5, 0.6) is 0 Å². The zero-order valence-electron chi connectivity index (χ0n) is 15.8. The van der Waals surface area contributed by atoms with Gasteiger partial charge in [0.2, 0.25) is 5.91 Å². The Hall–Kier alpha value is -2.66. The summed E-state index contributed by atoms with van der Waals surface area (Å²) in [7, 11) is 4.21. The van der Waals surface area contributed by atoms with E-state index in [0.717, 1.165) is 17.7 Å². The number of carbonyl (C=O) groups excluding carboxylic acids is 2. The molecule has 2 rings (SSSR count). The second-order valence-corrected chi connectivity index (χ2v) is 6.75. The Morgan fingerprint density at radius 2 is 1.58 bits per heavy atom. The van der Waals surface area contributed by atoms with Crippen molar-refractivity contribution in [1.82, 2.24) is 10.6 Å². The van der Waals surface area contributed by atoms with Crippen LogP contribution in [0.15, 0.2) is 48.5 Å². The van der Waals surface area contributed by atoms with E-state index < -0.39 is 0 Å². The summed E-state index contributed by atoms with van der Waals surface area (Å²) in [4.78, 5) is 25.5. The van der Waals surface area contributed by atoms with Gasteiger partial charge in [0, 0.05) is 30.6 Å². The smallest absolute Gasteiger partial charge is 0.251 e. The lowest BCUT2D eigenvalue weighted by Crippen LogP contribution is -3.04. The van der Waals surface area contributed by atoms with E-state index in [1.165, 1.54) is 10.5 Å². The van der Waals surface area contributed by atoms with Crippen molar-refractivity contribution in [3.63, 3.8) is 0 Å². The minimum absolute atomic E-state index is 0.0675. The van der Waals surface area contributed by atoms with E-state index in [9.17, 15) is 9.59 Å². The molecule has 5 nitrogen and oxygen atoms in total. The number of quaternary nitrogens is 1. The van der Waals surface area contributed by atoms with Gasteiger partial charge in [-0.15, -0.1) is 0 Å². The van der Waals surface area contributed by atoms with Crippen LogP contribution >= 0.6 is 0 Å². The SMILES string of the molecule is Cc1ccccc1C(=O)NCCC(=O)NCc1ccccc1C[NH+](C)C. The van der Waals surface area contributed by atoms with Gasteiger partial charge in [-0.25, -0.2) is 0 Å². The molecule has 0 radical (unpaired) electrons. The quantitative estimate of drug-likeness (QED) is 0.664. The third-order valence-electron chi connectivity index (χ3n) is 4.17. The number of hydrogen-bond donors (Lipinski definition) is 3. The first-order chi connectivity index (χ1) is 12.5. The van der Waals surface area contributed by atoms with Gasteiger partial charge in [-0.05, 0) is 24.1 Å². The fraction of sp³-hybridized carbons (Fsp3) is 0.333. The molecule has 0 bridgehead atoms. The van der Waals surface area contributed by atoms with Gasteiger partial charge in [0.05, 0.1) is 14.1 Å². The molecule has 0 aliphatic heterocycles. The molecule has 0 atom stereocenters. The van der Waals surface area contributed by atoms with Crippen molar-refractivity contribution in [2.75, 3.05) is 20.6 Å². The molecular weight excluding hydrogens is 326 g/mol. The van der Waals surface area contributed by atoms with Crippen LogP contribution in [0, 0.1) is 6.92 Å². The number of hydrogen-bond acceptors (Lipinski definition) is 2. The van der Waals surface area contributed by atoms with Crippen LogP contribution in [0.2, 0.25) is 0 Å². The summed E-state index contributed by atoms with van der Waals surface area (Å²) >= 11 is 0. The van der Waals surface area contributed by atoms with E-state index >= 15 is 0 Å². The fourth-order valence-electron chi connectivity index (χ4n) is 2.78. The second-order valence-electron chi connectivity index (χ2n) is 6.75. The highest BCUT2D eigenvalue weighted by Crippen LogP contribution is 2.08. The Morgan fingerprint density at radius 1 is 0.923 bits per heavy atom. The molecule has 2 aromatic rings. The number of rotatable bonds is 8. The summed E-state index contributed by atoms with van der Waals surface area (Å²) in [5.41, 5.74) is 3.94. The molecule has 2 amide bonds. The molecule has 0 aliphatic rings. The highest BCUT2D eigenvalue weighted by Gasteiger charge is 2.10. The van der Waals surface area contributed by atoms with Crippen molar-refractivity contribution in [3.05, 3.63) is 70.8 Å². The molecule has 0 spiro atoms. The number of aryl methyl sites for hydroxylation is 1. The molecule has 0 saturated heterocycles. The van der Waals surface area contributed by atoms with E-state index in [-0.39, 0.29) is 18.2 Å². The van der Waals surface area contributed by atoms with Crippen LogP contribution < -0.4 is 15.5 Å². The van der Waals surface area contributed by atoms with Crippen molar-refractivity contribution in [1.29, 1.82) is 0 Å². The lowest BCUT2D eigenvalue weighted by molar-refractivity contribution is -0.872. The summed E-state index contributed by atoms with van der Waals surface area (Å²) in [5, 5.41) is 5.74. The molecule has 138 valence electrons. The molecule has 0 aliphatic carbocycles. The van der Waals surface area contributed by atoms with Crippen molar-refractivity contribution in [3.8, 4) is 0 Å². The van der Waals surface area contributed by atoms with Crippen molar-refractivity contribution in [2.45, 2.75) is 26.4 Å². The molecule has 3 N–H and O–H groups in total. The lowest BCUT2D eigenvalue weighted by atomic mass is 10.1. The average molecular weight is 354 g/mol. The predicted octanol–water partition coefficient (Wildman–Crippen LogP) is 1.08. The Bertz CT molecular complexity index is 756. The van der Waals surface area contributed by atoms with Crippen LogP contribution in [0.25, 0.3) is 0 Å². The molecule has 2 aromatic carbocycles. The summed E-state index contributed by atoms with van der Waals surface area (Å²) in [6, 6.07) is 15.6. The maximum Gasteiger partial charge on any atom is 0.251 e. The average Bonchev–Trinajstić information content (AvgIpc) is 2.61. The highest BCUT2D eigenvalue weighted by molar-refractivity contribution is 5.95. The van der Waals surface area contributed by atoms with Crippen LogP contribution in [-0.4, -0.2) is 32.5 Å². The molecule has 0 aromatic heterocycles. The first-order valence-electron chi connectivity index (χ1n) is 8.93. The van der Waals surface area contributed by atoms with Crippen molar-refractivity contribution >= 4 is 11.8 Å². The molecule has 5 heteroatoms. The third-order valence-corrected chi connectivity index (χ3v) is 4.17. The van der Waals surface area contributed by atoms with Gasteiger partial charge in [-0.1, -0.05) is 42.5 Å². The maximum absolute atomic E-state index is 12.1. The zero-order valence-corrected chi connectivity index (χ0v) is 15.8. The van der Waals surface area contributed by atoms with E-state index in [1.807, 2.05) is 43.3 Å². The number of benzene rings is 2. The Morgan fingerprint density at radius 3 is 2.27 bits per heavy atom. The second kappa shape index (κ2) is 9.73. The van der Waals surface area contributed by atoms with E-state index in [2.05, 4.69) is 30.8 Å². The van der Waals surface area contributed by atoms with Gasteiger partial charge < -0.3 is 15.5 Å². The van der Waals surface area contributed by atoms with Gasteiger partial charge in [0.15, 0.2) is 0 Å². The third kappa shape index (κ3) is 6.01. The van der Waals surface area contributed by atoms with Crippen LogP contribution in [-0.2, 0) is 17.9 Å². The first kappa shape index (κ1) is 19.7. The van der Waals surface area contributed by atoms with Crippen LogP contribution in [0.1, 0.15) is 33.5 Å². The van der Waals surface area contributed by atoms with E-state index in [0.29, 0.717) is 18.7 Å². The zero-order chi connectivity index (χ0) is 18.9. The highest BCUT2D eigenvalue weighted by atomic mass is 16.2. The summed E-state index contributed by atoms with van der Waals surface area (Å²) in [5.74, 6) is -0.211. The van der Waals surface area contributed by atoms with Crippen molar-refractivity contribution < 1.29 is 14.5 Å². The standard InChI is InChI=1S/C21H27N3O2/c1-16-8-4-7-11-19(16)21(26)22-13-12-20(25)23-14-17-9-5-6-10-18(17)15-24(2)3/h4-11H,12-15H2,1-3H3,(H,22,26)(H,23,25)/p+1. The molecule has 26 heavy (non-hydrogen) atoms. The van der Waals surface area contributed by atoms with Gasteiger partial charge in [-0.2, -0.15) is 0 Å². The normalized spacial score (nSPS) is 10.6. The Labute approximate surface area is 155 Å². The monoisotopic (exact) mass is 354 g/mol. The van der Waals surface area contributed by atoms with Gasteiger partial charge in [-0.3, -0.25) is 9.59 Å². The summed E-state index contributed by atoms with van der Waals surface area (Å²) in [6.07, 6.45) is 0.263. The van der Waals surface area contributed by atoms with Crippen LogP contribution in [0.3, 0.4) is 0 Å². The Kier molecular flexibility index (Phi) is 7.36. The Balaban J connectivity index is 1.78. The van der Waals surface area contributed by atoms with E-state index in [1.54, 1.807) is 6.07 Å². The van der Waals surface area contributed by atoms with Gasteiger partial charge >= 0.3 is 0 Å². The largest absolute Gasteiger partial charge is 0.352 e. The summed E-state index contributed by atoms with van der Waals surface area (Å²) < 4.78 is 0. The van der Waals surface area contributed by atoms with Crippen molar-refractivity contribution in [2.24, 2.45) is 0 Å². The number of carbonyl (C=O) groups is 2.